The second kappa shape index (κ2) is 6.37. The molecule has 0 spiro atoms. The van der Waals surface area contributed by atoms with Crippen molar-refractivity contribution in [1.82, 2.24) is 4.90 Å². The summed E-state index contributed by atoms with van der Waals surface area (Å²) in [5, 5.41) is 0. The Balaban J connectivity index is 1.67. The van der Waals surface area contributed by atoms with Crippen LogP contribution in [0.25, 0.3) is 0 Å². The van der Waals surface area contributed by atoms with Crippen LogP contribution in [0.1, 0.15) is 43.7 Å². The van der Waals surface area contributed by atoms with E-state index in [1.54, 1.807) is 0 Å². The minimum atomic E-state index is 0.440. The van der Waals surface area contributed by atoms with E-state index in [-0.39, 0.29) is 0 Å². The number of hydrogen-bond donors (Lipinski definition) is 1. The van der Waals surface area contributed by atoms with Gasteiger partial charge in [-0.3, -0.25) is 4.90 Å². The molecule has 1 saturated carbocycles. The summed E-state index contributed by atoms with van der Waals surface area (Å²) >= 11 is 0. The minimum absolute atomic E-state index is 0.440. The lowest BCUT2D eigenvalue weighted by Gasteiger charge is -2.35. The number of likely N-dealkylation sites (N-methyl/N-ethyl adjacent to an activating group) is 1. The Bertz CT molecular complexity index is 477. The van der Waals surface area contributed by atoms with Crippen molar-refractivity contribution in [2.24, 2.45) is 5.73 Å². The van der Waals surface area contributed by atoms with Gasteiger partial charge in [-0.15, -0.1) is 0 Å². The fourth-order valence-corrected chi connectivity index (χ4v) is 3.92. The SMILES string of the molecule is CCN(Cc1ccc2c(c1)CCN2C)C1CCC(N)CC1. The molecule has 0 radical (unpaired) electrons. The molecular weight excluding hydrogens is 258 g/mol. The van der Waals surface area contributed by atoms with E-state index in [1.807, 2.05) is 0 Å². The molecule has 0 aromatic heterocycles. The van der Waals surface area contributed by atoms with Gasteiger partial charge in [0.05, 0.1) is 0 Å². The lowest BCUT2D eigenvalue weighted by molar-refractivity contribution is 0.149. The monoisotopic (exact) mass is 287 g/mol. The smallest absolute Gasteiger partial charge is 0.0397 e. The Labute approximate surface area is 129 Å². The first-order chi connectivity index (χ1) is 10.2. The van der Waals surface area contributed by atoms with E-state index in [2.05, 4.69) is 42.0 Å². The Morgan fingerprint density at radius 3 is 2.71 bits per heavy atom. The molecule has 21 heavy (non-hydrogen) atoms. The largest absolute Gasteiger partial charge is 0.374 e. The van der Waals surface area contributed by atoms with E-state index in [0.717, 1.165) is 25.7 Å². The number of fused-ring (bicyclic) bond motifs is 1. The molecule has 1 heterocycles. The highest BCUT2D eigenvalue weighted by Gasteiger charge is 2.24. The van der Waals surface area contributed by atoms with Crippen LogP contribution in [-0.4, -0.2) is 37.1 Å². The Morgan fingerprint density at radius 1 is 1.24 bits per heavy atom. The molecule has 3 heteroatoms. The van der Waals surface area contributed by atoms with Crippen LogP contribution in [0.15, 0.2) is 18.2 Å². The fraction of sp³-hybridized carbons (Fsp3) is 0.667. The zero-order valence-electron chi connectivity index (χ0n) is 13.5. The number of rotatable bonds is 4. The van der Waals surface area contributed by atoms with E-state index in [1.165, 1.54) is 48.9 Å². The molecule has 116 valence electrons. The molecule has 0 bridgehead atoms. The predicted octanol–water partition coefficient (Wildman–Crippen LogP) is 2.77. The average Bonchev–Trinajstić information content (AvgIpc) is 2.87. The summed E-state index contributed by atoms with van der Waals surface area (Å²) in [6.45, 7) is 5.68. The van der Waals surface area contributed by atoms with E-state index in [4.69, 9.17) is 5.73 Å². The number of nitrogens with two attached hydrogens (primary N) is 1. The van der Waals surface area contributed by atoms with Gasteiger partial charge in [0.15, 0.2) is 0 Å². The first kappa shape index (κ1) is 14.9. The second-order valence-electron chi connectivity index (χ2n) is 6.77. The van der Waals surface area contributed by atoms with Gasteiger partial charge in [-0.25, -0.2) is 0 Å². The van der Waals surface area contributed by atoms with Crippen LogP contribution >= 0.6 is 0 Å². The van der Waals surface area contributed by atoms with E-state index >= 15 is 0 Å². The zero-order valence-corrected chi connectivity index (χ0v) is 13.5. The molecule has 1 aliphatic heterocycles. The second-order valence-corrected chi connectivity index (χ2v) is 6.77. The van der Waals surface area contributed by atoms with E-state index in [0.29, 0.717) is 6.04 Å². The molecule has 1 fully saturated rings. The van der Waals surface area contributed by atoms with Crippen LogP contribution < -0.4 is 10.6 Å². The summed E-state index contributed by atoms with van der Waals surface area (Å²) < 4.78 is 0. The predicted molar refractivity (Wildman–Crippen MR) is 89.7 cm³/mol. The van der Waals surface area contributed by atoms with Gasteiger partial charge < -0.3 is 10.6 Å². The lowest BCUT2D eigenvalue weighted by atomic mass is 9.90. The quantitative estimate of drug-likeness (QED) is 0.924. The summed E-state index contributed by atoms with van der Waals surface area (Å²) in [4.78, 5) is 5.01. The third kappa shape index (κ3) is 3.24. The number of anilines is 1. The van der Waals surface area contributed by atoms with E-state index < -0.39 is 0 Å². The summed E-state index contributed by atoms with van der Waals surface area (Å²) in [6, 6.07) is 8.22. The highest BCUT2D eigenvalue weighted by atomic mass is 15.2. The van der Waals surface area contributed by atoms with Crippen molar-refractivity contribution >= 4 is 5.69 Å². The maximum atomic E-state index is 6.04. The lowest BCUT2D eigenvalue weighted by Crippen LogP contribution is -2.40. The van der Waals surface area contributed by atoms with Crippen LogP contribution in [0.2, 0.25) is 0 Å². The molecule has 3 nitrogen and oxygen atoms in total. The van der Waals surface area contributed by atoms with Crippen LogP contribution in [0.5, 0.6) is 0 Å². The van der Waals surface area contributed by atoms with Gasteiger partial charge in [-0.1, -0.05) is 19.1 Å². The fourth-order valence-electron chi connectivity index (χ4n) is 3.92. The van der Waals surface area contributed by atoms with Crippen LogP contribution in [-0.2, 0) is 13.0 Å². The van der Waals surface area contributed by atoms with Crippen molar-refractivity contribution in [3.05, 3.63) is 29.3 Å². The Morgan fingerprint density at radius 2 is 2.00 bits per heavy atom. The summed E-state index contributed by atoms with van der Waals surface area (Å²) in [7, 11) is 2.19. The summed E-state index contributed by atoms with van der Waals surface area (Å²) in [5.74, 6) is 0. The molecular formula is C18H29N3. The molecule has 1 aromatic carbocycles. The van der Waals surface area contributed by atoms with Crippen LogP contribution in [0, 0.1) is 0 Å². The van der Waals surface area contributed by atoms with Gasteiger partial charge in [0, 0.05) is 37.9 Å². The molecule has 0 unspecified atom stereocenters. The first-order valence-corrected chi connectivity index (χ1v) is 8.50. The Kier molecular flexibility index (Phi) is 4.51. The number of hydrogen-bond acceptors (Lipinski definition) is 3. The number of nitrogens with zero attached hydrogens (tertiary/aromatic N) is 2. The molecule has 0 atom stereocenters. The van der Waals surface area contributed by atoms with Gasteiger partial charge >= 0.3 is 0 Å². The normalized spacial score (nSPS) is 25.4. The molecule has 3 rings (SSSR count). The Hall–Kier alpha value is -1.06. The van der Waals surface area contributed by atoms with Crippen molar-refractivity contribution < 1.29 is 0 Å². The third-order valence-corrected chi connectivity index (χ3v) is 5.32. The summed E-state index contributed by atoms with van der Waals surface area (Å²) in [5.41, 5.74) is 10.5. The first-order valence-electron chi connectivity index (χ1n) is 8.50. The van der Waals surface area contributed by atoms with Gasteiger partial charge in [0.2, 0.25) is 0 Å². The molecule has 0 amide bonds. The molecule has 2 N–H and O–H groups in total. The molecule has 1 aliphatic carbocycles. The van der Waals surface area contributed by atoms with Crippen molar-refractivity contribution in [3.8, 4) is 0 Å². The molecule has 2 aliphatic rings. The average molecular weight is 287 g/mol. The summed E-state index contributed by atoms with van der Waals surface area (Å²) in [6.07, 6.45) is 6.11. The third-order valence-electron chi connectivity index (χ3n) is 5.32. The minimum Gasteiger partial charge on any atom is -0.374 e. The van der Waals surface area contributed by atoms with Crippen molar-refractivity contribution in [1.29, 1.82) is 0 Å². The van der Waals surface area contributed by atoms with Crippen molar-refractivity contribution in [2.75, 3.05) is 25.0 Å². The van der Waals surface area contributed by atoms with Crippen molar-refractivity contribution in [2.45, 2.75) is 57.7 Å². The highest BCUT2D eigenvalue weighted by molar-refractivity contribution is 5.58. The van der Waals surface area contributed by atoms with Gasteiger partial charge in [0.25, 0.3) is 0 Å². The van der Waals surface area contributed by atoms with Crippen molar-refractivity contribution in [3.63, 3.8) is 0 Å². The number of benzene rings is 1. The zero-order chi connectivity index (χ0) is 14.8. The van der Waals surface area contributed by atoms with Gasteiger partial charge in [0.1, 0.15) is 0 Å². The van der Waals surface area contributed by atoms with E-state index in [9.17, 15) is 0 Å². The maximum absolute atomic E-state index is 6.04. The maximum Gasteiger partial charge on any atom is 0.0397 e. The molecule has 0 saturated heterocycles. The van der Waals surface area contributed by atoms with Crippen LogP contribution in [0.4, 0.5) is 5.69 Å². The topological polar surface area (TPSA) is 32.5 Å². The highest BCUT2D eigenvalue weighted by Crippen LogP contribution is 2.29. The van der Waals surface area contributed by atoms with Crippen LogP contribution in [0.3, 0.4) is 0 Å². The van der Waals surface area contributed by atoms with Gasteiger partial charge in [-0.2, -0.15) is 0 Å². The standard InChI is InChI=1S/C18H29N3/c1-3-21(17-7-5-16(19)6-8-17)13-14-4-9-18-15(12-14)10-11-20(18)2/h4,9,12,16-17H,3,5-8,10-11,13,19H2,1-2H3. The van der Waals surface area contributed by atoms with Gasteiger partial charge in [-0.05, 0) is 55.8 Å². The molecule has 1 aromatic rings.